The zero-order valence-electron chi connectivity index (χ0n) is 7.45. The topological polar surface area (TPSA) is 38.9 Å². The van der Waals surface area contributed by atoms with Crippen molar-refractivity contribution >= 4 is 11.8 Å². The molecule has 0 unspecified atom stereocenters. The van der Waals surface area contributed by atoms with E-state index in [2.05, 4.69) is 18.0 Å². The van der Waals surface area contributed by atoms with Crippen LogP contribution in [0.3, 0.4) is 0 Å². The number of hydrogen-bond donors (Lipinski definition) is 1. The molecule has 0 aromatic carbocycles. The lowest BCUT2D eigenvalue weighted by Crippen LogP contribution is -2.10. The quantitative estimate of drug-likeness (QED) is 0.728. The minimum atomic E-state index is 0.0842. The molecule has 1 aromatic heterocycles. The number of nitrogens with zero attached hydrogens (tertiary/aromatic N) is 1. The smallest absolute Gasteiger partial charge is 0.0571 e. The Morgan fingerprint density at radius 2 is 2.33 bits per heavy atom. The lowest BCUT2D eigenvalue weighted by atomic mass is 10.1. The summed E-state index contributed by atoms with van der Waals surface area (Å²) in [5.41, 5.74) is 6.80. The van der Waals surface area contributed by atoms with Crippen molar-refractivity contribution in [3.8, 4) is 0 Å². The summed E-state index contributed by atoms with van der Waals surface area (Å²) in [7, 11) is 0. The monoisotopic (exact) mass is 182 g/mol. The number of hydrogen-bond acceptors (Lipinski definition) is 3. The van der Waals surface area contributed by atoms with Crippen LogP contribution in [-0.2, 0) is 0 Å². The predicted octanol–water partition coefficient (Wildman–Crippen LogP) is 2.21. The average molecular weight is 182 g/mol. The first kappa shape index (κ1) is 9.55. The molecule has 0 fully saturated rings. The van der Waals surface area contributed by atoms with Gasteiger partial charge in [0.15, 0.2) is 0 Å². The van der Waals surface area contributed by atoms with Gasteiger partial charge in [-0.15, -0.1) is 11.8 Å². The van der Waals surface area contributed by atoms with Gasteiger partial charge in [-0.3, -0.25) is 4.98 Å². The van der Waals surface area contributed by atoms with Crippen LogP contribution in [0.1, 0.15) is 25.1 Å². The van der Waals surface area contributed by atoms with Gasteiger partial charge >= 0.3 is 0 Å². The molecule has 0 saturated heterocycles. The molecule has 2 N–H and O–H groups in total. The van der Waals surface area contributed by atoms with E-state index in [0.29, 0.717) is 0 Å². The number of nitrogens with two attached hydrogens (primary N) is 1. The molecule has 0 aliphatic carbocycles. The fourth-order valence-electron chi connectivity index (χ4n) is 0.941. The van der Waals surface area contributed by atoms with Crippen LogP contribution < -0.4 is 5.73 Å². The van der Waals surface area contributed by atoms with Gasteiger partial charge in [-0.1, -0.05) is 6.92 Å². The third-order valence-corrected chi connectivity index (χ3v) is 2.53. The molecule has 0 spiro atoms. The molecular formula is C9H14N2S. The standard InChI is InChI=1S/C9H14N2S/c1-3-8(10)9-5-4-7(12-2)6-11-9/h4-6,8H,3,10H2,1-2H3/t8-/m0/s1. The predicted molar refractivity (Wildman–Crippen MR) is 53.2 cm³/mol. The molecule has 66 valence electrons. The van der Waals surface area contributed by atoms with Crippen molar-refractivity contribution in [3.05, 3.63) is 24.0 Å². The van der Waals surface area contributed by atoms with Gasteiger partial charge in [0.2, 0.25) is 0 Å². The summed E-state index contributed by atoms with van der Waals surface area (Å²) in [5, 5.41) is 0. The van der Waals surface area contributed by atoms with Crippen molar-refractivity contribution in [2.75, 3.05) is 6.26 Å². The second kappa shape index (κ2) is 4.48. The molecule has 3 heteroatoms. The molecule has 0 bridgehead atoms. The Balaban J connectivity index is 2.77. The highest BCUT2D eigenvalue weighted by Crippen LogP contribution is 2.16. The first-order valence-electron chi connectivity index (χ1n) is 4.03. The van der Waals surface area contributed by atoms with Gasteiger partial charge in [-0.05, 0) is 24.8 Å². The molecular weight excluding hydrogens is 168 g/mol. The molecule has 0 aliphatic heterocycles. The highest BCUT2D eigenvalue weighted by molar-refractivity contribution is 7.98. The van der Waals surface area contributed by atoms with E-state index in [9.17, 15) is 0 Å². The number of thioether (sulfide) groups is 1. The highest BCUT2D eigenvalue weighted by Gasteiger charge is 2.03. The summed E-state index contributed by atoms with van der Waals surface area (Å²) in [6.07, 6.45) is 4.84. The second-order valence-electron chi connectivity index (χ2n) is 2.64. The van der Waals surface area contributed by atoms with E-state index in [0.717, 1.165) is 12.1 Å². The summed E-state index contributed by atoms with van der Waals surface area (Å²) in [6.45, 7) is 2.06. The largest absolute Gasteiger partial charge is 0.323 e. The van der Waals surface area contributed by atoms with Crippen LogP contribution in [0.15, 0.2) is 23.2 Å². The first-order chi connectivity index (χ1) is 5.77. The molecule has 0 aliphatic rings. The average Bonchev–Trinajstić information content (AvgIpc) is 2.17. The van der Waals surface area contributed by atoms with Crippen LogP contribution >= 0.6 is 11.8 Å². The van der Waals surface area contributed by atoms with Gasteiger partial charge in [-0.2, -0.15) is 0 Å². The fraction of sp³-hybridized carbons (Fsp3) is 0.444. The Morgan fingerprint density at radius 1 is 1.58 bits per heavy atom. The van der Waals surface area contributed by atoms with Gasteiger partial charge < -0.3 is 5.73 Å². The minimum Gasteiger partial charge on any atom is -0.323 e. The van der Waals surface area contributed by atoms with Crippen molar-refractivity contribution in [1.82, 2.24) is 4.98 Å². The number of aromatic nitrogens is 1. The lowest BCUT2D eigenvalue weighted by Gasteiger charge is -2.07. The normalized spacial score (nSPS) is 12.9. The zero-order valence-corrected chi connectivity index (χ0v) is 8.27. The number of rotatable bonds is 3. The summed E-state index contributed by atoms with van der Waals surface area (Å²) in [4.78, 5) is 5.46. The van der Waals surface area contributed by atoms with Crippen LogP contribution in [0.4, 0.5) is 0 Å². The van der Waals surface area contributed by atoms with Crippen LogP contribution in [0.5, 0.6) is 0 Å². The Morgan fingerprint density at radius 3 is 2.75 bits per heavy atom. The molecule has 1 atom stereocenters. The maximum absolute atomic E-state index is 5.82. The van der Waals surface area contributed by atoms with Gasteiger partial charge in [-0.25, -0.2) is 0 Å². The minimum absolute atomic E-state index is 0.0842. The summed E-state index contributed by atoms with van der Waals surface area (Å²) >= 11 is 1.69. The maximum atomic E-state index is 5.82. The molecule has 12 heavy (non-hydrogen) atoms. The summed E-state index contributed by atoms with van der Waals surface area (Å²) in [5.74, 6) is 0. The SMILES string of the molecule is CC[C@H](N)c1ccc(SC)cn1. The van der Waals surface area contributed by atoms with E-state index < -0.39 is 0 Å². The van der Waals surface area contributed by atoms with Crippen molar-refractivity contribution in [3.63, 3.8) is 0 Å². The van der Waals surface area contributed by atoms with Crippen molar-refractivity contribution in [2.24, 2.45) is 5.73 Å². The second-order valence-corrected chi connectivity index (χ2v) is 3.52. The third-order valence-electron chi connectivity index (χ3n) is 1.81. The van der Waals surface area contributed by atoms with Gasteiger partial charge in [0.25, 0.3) is 0 Å². The molecule has 1 rings (SSSR count). The van der Waals surface area contributed by atoms with E-state index in [1.165, 1.54) is 4.90 Å². The lowest BCUT2D eigenvalue weighted by molar-refractivity contribution is 0.674. The highest BCUT2D eigenvalue weighted by atomic mass is 32.2. The summed E-state index contributed by atoms with van der Waals surface area (Å²) in [6, 6.07) is 4.14. The molecule has 0 radical (unpaired) electrons. The zero-order chi connectivity index (χ0) is 8.97. The van der Waals surface area contributed by atoms with Crippen molar-refractivity contribution in [1.29, 1.82) is 0 Å². The fourth-order valence-corrected chi connectivity index (χ4v) is 1.30. The van der Waals surface area contributed by atoms with E-state index in [1.807, 2.05) is 18.5 Å². The van der Waals surface area contributed by atoms with Gasteiger partial charge in [0.1, 0.15) is 0 Å². The van der Waals surface area contributed by atoms with E-state index in [-0.39, 0.29) is 6.04 Å². The first-order valence-corrected chi connectivity index (χ1v) is 5.26. The van der Waals surface area contributed by atoms with E-state index >= 15 is 0 Å². The Bertz CT molecular complexity index is 233. The van der Waals surface area contributed by atoms with Crippen LogP contribution in [0.25, 0.3) is 0 Å². The Kier molecular flexibility index (Phi) is 3.56. The van der Waals surface area contributed by atoms with E-state index in [4.69, 9.17) is 5.73 Å². The van der Waals surface area contributed by atoms with E-state index in [1.54, 1.807) is 11.8 Å². The van der Waals surface area contributed by atoms with Gasteiger partial charge in [0.05, 0.1) is 5.69 Å². The van der Waals surface area contributed by atoms with Crippen LogP contribution in [0, 0.1) is 0 Å². The molecule has 0 saturated carbocycles. The van der Waals surface area contributed by atoms with Crippen molar-refractivity contribution in [2.45, 2.75) is 24.3 Å². The Labute approximate surface area is 77.6 Å². The maximum Gasteiger partial charge on any atom is 0.0571 e. The number of pyridine rings is 1. The molecule has 1 aromatic rings. The third kappa shape index (κ3) is 2.22. The van der Waals surface area contributed by atoms with Crippen LogP contribution in [-0.4, -0.2) is 11.2 Å². The van der Waals surface area contributed by atoms with Crippen LogP contribution in [0.2, 0.25) is 0 Å². The molecule has 2 nitrogen and oxygen atoms in total. The molecule has 0 amide bonds. The van der Waals surface area contributed by atoms with Gasteiger partial charge in [0, 0.05) is 17.1 Å². The molecule has 1 heterocycles. The van der Waals surface area contributed by atoms with Crippen molar-refractivity contribution < 1.29 is 0 Å². The summed E-state index contributed by atoms with van der Waals surface area (Å²) < 4.78 is 0. The Hall–Kier alpha value is -0.540.